The summed E-state index contributed by atoms with van der Waals surface area (Å²) in [7, 11) is 0. The van der Waals surface area contributed by atoms with Crippen molar-refractivity contribution >= 4 is 5.97 Å². The first-order chi connectivity index (χ1) is 16.2. The van der Waals surface area contributed by atoms with Gasteiger partial charge in [-0.05, 0) is 66.1 Å². The van der Waals surface area contributed by atoms with E-state index in [1.807, 2.05) is 24.3 Å². The zero-order chi connectivity index (χ0) is 24.8. The molecule has 3 rings (SSSR count). The van der Waals surface area contributed by atoms with Crippen LogP contribution < -0.4 is 0 Å². The van der Waals surface area contributed by atoms with Crippen LogP contribution in [0, 0.1) is 29.1 Å². The number of aryl methyl sites for hydroxylation is 3. The first kappa shape index (κ1) is 25.4. The highest BCUT2D eigenvalue weighted by Crippen LogP contribution is 2.33. The van der Waals surface area contributed by atoms with Gasteiger partial charge in [0.05, 0.1) is 0 Å². The van der Waals surface area contributed by atoms with Crippen molar-refractivity contribution in [3.8, 4) is 11.1 Å². The smallest absolute Gasteiger partial charge is 0.341 e. The summed E-state index contributed by atoms with van der Waals surface area (Å²) >= 11 is 0. The van der Waals surface area contributed by atoms with E-state index in [1.165, 1.54) is 12.0 Å². The van der Waals surface area contributed by atoms with Crippen molar-refractivity contribution in [2.24, 2.45) is 0 Å². The highest BCUT2D eigenvalue weighted by atomic mass is 19.2. The molecule has 0 amide bonds. The van der Waals surface area contributed by atoms with E-state index < -0.39 is 51.7 Å². The SMILES string of the molecule is CCCCCCc1ccc(CCc2cc(F)c(C(=O)O)c(F)c2-c2cc(F)c(F)c(F)c2)cc1. The van der Waals surface area contributed by atoms with Crippen LogP contribution in [0.1, 0.15) is 59.7 Å². The van der Waals surface area contributed by atoms with Crippen LogP contribution in [0.25, 0.3) is 11.1 Å². The normalized spacial score (nSPS) is 11.1. The van der Waals surface area contributed by atoms with Crippen molar-refractivity contribution in [3.63, 3.8) is 0 Å². The standard InChI is InChI=1S/C27H25F5O2/c1-2-3-4-5-6-16-7-9-17(10-8-16)11-12-18-13-20(28)24(27(33)34)26(32)23(18)19-14-21(29)25(31)22(30)15-19/h7-10,13-15H,2-6,11-12H2,1H3,(H,33,34). The molecule has 2 nitrogen and oxygen atoms in total. The lowest BCUT2D eigenvalue weighted by molar-refractivity contribution is 0.0686. The fraction of sp³-hybridized carbons (Fsp3) is 0.296. The van der Waals surface area contributed by atoms with E-state index in [0.29, 0.717) is 18.6 Å². The number of benzene rings is 3. The first-order valence-electron chi connectivity index (χ1n) is 11.2. The fourth-order valence-corrected chi connectivity index (χ4v) is 3.98. The van der Waals surface area contributed by atoms with Crippen LogP contribution in [0.5, 0.6) is 0 Å². The second-order valence-electron chi connectivity index (χ2n) is 8.27. The van der Waals surface area contributed by atoms with Crippen LogP contribution in [0.15, 0.2) is 42.5 Å². The van der Waals surface area contributed by atoms with Gasteiger partial charge in [-0.15, -0.1) is 0 Å². The summed E-state index contributed by atoms with van der Waals surface area (Å²) in [5.41, 5.74) is -0.0353. The molecule has 0 radical (unpaired) electrons. The predicted molar refractivity (Wildman–Crippen MR) is 120 cm³/mol. The van der Waals surface area contributed by atoms with Gasteiger partial charge in [-0.25, -0.2) is 26.7 Å². The van der Waals surface area contributed by atoms with Gasteiger partial charge >= 0.3 is 5.97 Å². The van der Waals surface area contributed by atoms with E-state index in [0.717, 1.165) is 37.3 Å². The van der Waals surface area contributed by atoms with Crippen LogP contribution in [-0.4, -0.2) is 11.1 Å². The van der Waals surface area contributed by atoms with E-state index in [4.69, 9.17) is 0 Å². The van der Waals surface area contributed by atoms with Crippen LogP contribution in [0.2, 0.25) is 0 Å². The number of carboxylic acids is 1. The number of unbranched alkanes of at least 4 members (excludes halogenated alkanes) is 3. The highest BCUT2D eigenvalue weighted by molar-refractivity contribution is 5.91. The van der Waals surface area contributed by atoms with Crippen LogP contribution in [0.3, 0.4) is 0 Å². The van der Waals surface area contributed by atoms with Crippen molar-refractivity contribution in [2.45, 2.75) is 51.9 Å². The van der Waals surface area contributed by atoms with E-state index in [1.54, 1.807) is 0 Å². The fourth-order valence-electron chi connectivity index (χ4n) is 3.98. The van der Waals surface area contributed by atoms with Gasteiger partial charge in [0.15, 0.2) is 17.5 Å². The average Bonchev–Trinajstić information content (AvgIpc) is 2.79. The maximum atomic E-state index is 15.1. The number of halogens is 5. The topological polar surface area (TPSA) is 37.3 Å². The zero-order valence-electron chi connectivity index (χ0n) is 18.7. The van der Waals surface area contributed by atoms with Crippen molar-refractivity contribution in [1.29, 1.82) is 0 Å². The molecule has 0 heterocycles. The molecule has 0 saturated heterocycles. The molecule has 0 atom stereocenters. The molecule has 0 bridgehead atoms. The van der Waals surface area contributed by atoms with Gasteiger partial charge in [0.25, 0.3) is 0 Å². The molecule has 1 N–H and O–H groups in total. The molecule has 0 aliphatic heterocycles. The van der Waals surface area contributed by atoms with Gasteiger partial charge in [0.1, 0.15) is 17.2 Å². The van der Waals surface area contributed by atoms with E-state index >= 15 is 4.39 Å². The molecule has 34 heavy (non-hydrogen) atoms. The van der Waals surface area contributed by atoms with Crippen molar-refractivity contribution in [3.05, 3.63) is 93.8 Å². The Balaban J connectivity index is 1.90. The Morgan fingerprint density at radius 3 is 1.88 bits per heavy atom. The average molecular weight is 476 g/mol. The zero-order valence-corrected chi connectivity index (χ0v) is 18.7. The van der Waals surface area contributed by atoms with Crippen molar-refractivity contribution in [2.75, 3.05) is 0 Å². The summed E-state index contributed by atoms with van der Waals surface area (Å²) in [5, 5.41) is 9.20. The number of rotatable bonds is 10. The minimum atomic E-state index is -1.86. The van der Waals surface area contributed by atoms with Crippen LogP contribution in [0.4, 0.5) is 22.0 Å². The summed E-state index contributed by atoms with van der Waals surface area (Å²) in [4.78, 5) is 11.4. The number of hydrogen-bond acceptors (Lipinski definition) is 1. The monoisotopic (exact) mass is 476 g/mol. The minimum absolute atomic E-state index is 0.0223. The maximum Gasteiger partial charge on any atom is 0.341 e. The lowest BCUT2D eigenvalue weighted by atomic mass is 9.91. The number of carboxylic acid groups (broad SMARTS) is 1. The Morgan fingerprint density at radius 1 is 0.735 bits per heavy atom. The highest BCUT2D eigenvalue weighted by Gasteiger charge is 2.25. The lowest BCUT2D eigenvalue weighted by Crippen LogP contribution is -2.10. The third-order valence-corrected chi connectivity index (χ3v) is 5.81. The van der Waals surface area contributed by atoms with Gasteiger partial charge in [-0.3, -0.25) is 0 Å². The Bertz CT molecular complexity index is 1150. The minimum Gasteiger partial charge on any atom is -0.477 e. The Kier molecular flexibility index (Phi) is 8.42. The van der Waals surface area contributed by atoms with Crippen LogP contribution >= 0.6 is 0 Å². The summed E-state index contributed by atoms with van der Waals surface area (Å²) < 4.78 is 70.5. The van der Waals surface area contributed by atoms with E-state index in [9.17, 15) is 27.5 Å². The van der Waals surface area contributed by atoms with Gasteiger partial charge in [0.2, 0.25) is 0 Å². The molecule has 0 aromatic heterocycles. The molecule has 0 saturated carbocycles. The van der Waals surface area contributed by atoms with Gasteiger partial charge < -0.3 is 5.11 Å². The third kappa shape index (κ3) is 5.82. The number of carbonyl (C=O) groups is 1. The summed E-state index contributed by atoms with van der Waals surface area (Å²) in [6, 6.07) is 9.77. The maximum absolute atomic E-state index is 15.1. The van der Waals surface area contributed by atoms with E-state index in [2.05, 4.69) is 6.92 Å². The van der Waals surface area contributed by atoms with E-state index in [-0.39, 0.29) is 12.0 Å². The summed E-state index contributed by atoms with van der Waals surface area (Å²) in [5.74, 6) is -9.47. The third-order valence-electron chi connectivity index (χ3n) is 5.81. The van der Waals surface area contributed by atoms with Crippen LogP contribution in [-0.2, 0) is 19.3 Å². The molecule has 0 aliphatic carbocycles. The van der Waals surface area contributed by atoms with Crippen molar-refractivity contribution in [1.82, 2.24) is 0 Å². The molecule has 0 unspecified atom stereocenters. The summed E-state index contributed by atoms with van der Waals surface area (Å²) in [6.07, 6.45) is 5.98. The quantitative estimate of drug-likeness (QED) is 0.185. The number of hydrogen-bond donors (Lipinski definition) is 1. The Labute approximate surface area is 195 Å². The molecule has 3 aromatic rings. The Morgan fingerprint density at radius 2 is 1.32 bits per heavy atom. The summed E-state index contributed by atoms with van der Waals surface area (Å²) in [6.45, 7) is 2.15. The molecule has 3 aromatic carbocycles. The lowest BCUT2D eigenvalue weighted by Gasteiger charge is -2.15. The molecular formula is C27H25F5O2. The van der Waals surface area contributed by atoms with Gasteiger partial charge in [-0.2, -0.15) is 0 Å². The largest absolute Gasteiger partial charge is 0.477 e. The second-order valence-corrected chi connectivity index (χ2v) is 8.27. The molecule has 0 spiro atoms. The first-order valence-corrected chi connectivity index (χ1v) is 11.2. The molecule has 180 valence electrons. The van der Waals surface area contributed by atoms with Crippen molar-refractivity contribution < 1.29 is 31.9 Å². The second kappa shape index (κ2) is 11.3. The Hall–Kier alpha value is -3.22. The predicted octanol–water partition coefficient (Wildman–Crippen LogP) is 7.66. The molecular weight excluding hydrogens is 451 g/mol. The number of aromatic carboxylic acids is 1. The van der Waals surface area contributed by atoms with Gasteiger partial charge in [0, 0.05) is 5.56 Å². The molecule has 0 fully saturated rings. The van der Waals surface area contributed by atoms with Gasteiger partial charge in [-0.1, -0.05) is 50.5 Å². The molecule has 7 heteroatoms. The molecule has 0 aliphatic rings.